The molecule has 2 N–H and O–H groups in total. The van der Waals surface area contributed by atoms with Crippen molar-refractivity contribution < 1.29 is 4.79 Å². The molecular weight excluding hydrogens is 244 g/mol. The number of carbonyl (C=O) groups is 1. The van der Waals surface area contributed by atoms with Gasteiger partial charge in [-0.05, 0) is 12.8 Å². The smallest absolute Gasteiger partial charge is 0.221 e. The van der Waals surface area contributed by atoms with E-state index in [1.54, 1.807) is 0 Å². The van der Waals surface area contributed by atoms with Gasteiger partial charge in [-0.25, -0.2) is 0 Å². The van der Waals surface area contributed by atoms with E-state index in [2.05, 4.69) is 10.6 Å². The van der Waals surface area contributed by atoms with Crippen molar-refractivity contribution in [3.05, 3.63) is 0 Å². The first-order valence-corrected chi connectivity index (χ1v) is 8.60. The largest absolute Gasteiger partial charge is 0.353 e. The van der Waals surface area contributed by atoms with Crippen LogP contribution < -0.4 is 10.6 Å². The fourth-order valence-electron chi connectivity index (χ4n) is 2.86. The maximum atomic E-state index is 12.0. The monoisotopic (exact) mass is 270 g/mol. The molecule has 1 heterocycles. The van der Waals surface area contributed by atoms with Crippen LogP contribution in [0.3, 0.4) is 0 Å². The van der Waals surface area contributed by atoms with Crippen molar-refractivity contribution in [2.75, 3.05) is 18.1 Å². The fourth-order valence-corrected chi connectivity index (χ4v) is 3.81. The summed E-state index contributed by atoms with van der Waals surface area (Å²) >= 11 is 1.95. The van der Waals surface area contributed by atoms with E-state index in [0.717, 1.165) is 12.3 Å². The lowest BCUT2D eigenvalue weighted by molar-refractivity contribution is -0.122. The summed E-state index contributed by atoms with van der Waals surface area (Å²) < 4.78 is 0. The highest BCUT2D eigenvalue weighted by Crippen LogP contribution is 2.17. The van der Waals surface area contributed by atoms with E-state index in [1.807, 2.05) is 11.8 Å². The molecule has 1 amide bonds. The molecule has 4 heteroatoms. The molecule has 0 spiro atoms. The Balaban J connectivity index is 1.68. The Morgan fingerprint density at radius 3 is 2.56 bits per heavy atom. The van der Waals surface area contributed by atoms with Crippen molar-refractivity contribution >= 4 is 17.7 Å². The van der Waals surface area contributed by atoms with Crippen LogP contribution in [0.2, 0.25) is 0 Å². The van der Waals surface area contributed by atoms with Gasteiger partial charge in [0.15, 0.2) is 0 Å². The Labute approximate surface area is 115 Å². The third-order valence-electron chi connectivity index (χ3n) is 3.90. The van der Waals surface area contributed by atoms with Crippen molar-refractivity contribution in [1.82, 2.24) is 10.6 Å². The fraction of sp³-hybridized carbons (Fsp3) is 0.929. The lowest BCUT2D eigenvalue weighted by atomic mass is 9.96. The number of thioether (sulfide) groups is 1. The summed E-state index contributed by atoms with van der Waals surface area (Å²) in [6.45, 7) is 1.05. The summed E-state index contributed by atoms with van der Waals surface area (Å²) in [5.74, 6) is 2.51. The molecule has 18 heavy (non-hydrogen) atoms. The summed E-state index contributed by atoms with van der Waals surface area (Å²) in [5.41, 5.74) is 0. The molecule has 2 fully saturated rings. The van der Waals surface area contributed by atoms with Crippen LogP contribution in [-0.4, -0.2) is 36.0 Å². The Kier molecular flexibility index (Phi) is 6.35. The van der Waals surface area contributed by atoms with Gasteiger partial charge >= 0.3 is 0 Å². The molecule has 1 unspecified atom stereocenters. The second kappa shape index (κ2) is 8.05. The molecule has 104 valence electrons. The van der Waals surface area contributed by atoms with Crippen molar-refractivity contribution in [2.45, 2.75) is 63.5 Å². The number of hydrogen-bond acceptors (Lipinski definition) is 3. The molecular formula is C14H26N2OS. The first-order chi connectivity index (χ1) is 8.84. The Bertz CT molecular complexity index is 246. The van der Waals surface area contributed by atoms with Crippen LogP contribution in [-0.2, 0) is 4.79 Å². The van der Waals surface area contributed by atoms with Crippen LogP contribution in [0.15, 0.2) is 0 Å². The summed E-state index contributed by atoms with van der Waals surface area (Å²) in [6.07, 6.45) is 9.63. The summed E-state index contributed by atoms with van der Waals surface area (Å²) in [6, 6.07) is 0.825. The van der Waals surface area contributed by atoms with Crippen molar-refractivity contribution in [3.8, 4) is 0 Å². The first-order valence-electron chi connectivity index (χ1n) is 7.45. The molecule has 1 aliphatic carbocycles. The third-order valence-corrected chi connectivity index (χ3v) is 5.03. The van der Waals surface area contributed by atoms with Crippen molar-refractivity contribution in [1.29, 1.82) is 0 Å². The van der Waals surface area contributed by atoms with Gasteiger partial charge in [-0.15, -0.1) is 0 Å². The number of rotatable bonds is 3. The number of carbonyl (C=O) groups excluding carboxylic acids is 1. The molecule has 0 aromatic rings. The highest BCUT2D eigenvalue weighted by Gasteiger charge is 2.19. The molecule has 1 atom stereocenters. The van der Waals surface area contributed by atoms with Crippen LogP contribution >= 0.6 is 11.8 Å². The Morgan fingerprint density at radius 1 is 1.17 bits per heavy atom. The molecule has 0 aromatic heterocycles. The second-order valence-corrected chi connectivity index (χ2v) is 6.69. The van der Waals surface area contributed by atoms with Gasteiger partial charge in [-0.2, -0.15) is 11.8 Å². The van der Waals surface area contributed by atoms with Gasteiger partial charge in [0, 0.05) is 36.6 Å². The zero-order valence-electron chi connectivity index (χ0n) is 11.2. The van der Waals surface area contributed by atoms with Gasteiger partial charge in [0.25, 0.3) is 0 Å². The summed E-state index contributed by atoms with van der Waals surface area (Å²) in [7, 11) is 0. The zero-order chi connectivity index (χ0) is 12.6. The van der Waals surface area contributed by atoms with Gasteiger partial charge in [0.1, 0.15) is 0 Å². The topological polar surface area (TPSA) is 41.1 Å². The molecule has 1 aliphatic heterocycles. The lowest BCUT2D eigenvalue weighted by Gasteiger charge is -2.25. The Morgan fingerprint density at radius 2 is 1.89 bits per heavy atom. The molecule has 1 saturated carbocycles. The molecule has 2 aliphatic rings. The average molecular weight is 270 g/mol. The summed E-state index contributed by atoms with van der Waals surface area (Å²) in [4.78, 5) is 12.0. The maximum Gasteiger partial charge on any atom is 0.221 e. The predicted molar refractivity (Wildman–Crippen MR) is 78.0 cm³/mol. The van der Waals surface area contributed by atoms with E-state index in [0.29, 0.717) is 18.5 Å². The minimum Gasteiger partial charge on any atom is -0.353 e. The van der Waals surface area contributed by atoms with Gasteiger partial charge in [-0.1, -0.05) is 32.1 Å². The quantitative estimate of drug-likeness (QED) is 0.827. The van der Waals surface area contributed by atoms with Gasteiger partial charge in [0.05, 0.1) is 0 Å². The second-order valence-electron chi connectivity index (χ2n) is 5.54. The minimum absolute atomic E-state index is 0.251. The molecule has 0 radical (unpaired) electrons. The van der Waals surface area contributed by atoms with E-state index >= 15 is 0 Å². The minimum atomic E-state index is 0.251. The zero-order valence-corrected chi connectivity index (χ0v) is 12.1. The number of hydrogen-bond donors (Lipinski definition) is 2. The molecule has 0 bridgehead atoms. The maximum absolute atomic E-state index is 12.0. The molecule has 1 saturated heterocycles. The number of nitrogens with one attached hydrogen (secondary N) is 2. The van der Waals surface area contributed by atoms with E-state index in [9.17, 15) is 4.79 Å². The highest BCUT2D eigenvalue weighted by molar-refractivity contribution is 7.99. The van der Waals surface area contributed by atoms with E-state index in [4.69, 9.17) is 0 Å². The average Bonchev–Trinajstić information content (AvgIpc) is 2.34. The standard InChI is InChI=1S/C14H26N2OS/c17-14(10-13-11-18-9-8-15-13)16-12-6-4-2-1-3-5-7-12/h12-13,15H,1-11H2,(H,16,17). The first kappa shape index (κ1) is 14.2. The van der Waals surface area contributed by atoms with E-state index in [-0.39, 0.29) is 5.91 Å². The highest BCUT2D eigenvalue weighted by atomic mass is 32.2. The third kappa shape index (κ3) is 5.19. The molecule has 2 rings (SSSR count). The van der Waals surface area contributed by atoms with Gasteiger partial charge in [-0.3, -0.25) is 4.79 Å². The predicted octanol–water partition coefficient (Wildman–Crippen LogP) is 2.31. The van der Waals surface area contributed by atoms with Crippen LogP contribution in [0.5, 0.6) is 0 Å². The SMILES string of the molecule is O=C(CC1CSCCN1)NC1CCCCCCC1. The van der Waals surface area contributed by atoms with Crippen LogP contribution in [0.1, 0.15) is 51.4 Å². The van der Waals surface area contributed by atoms with Crippen molar-refractivity contribution in [2.24, 2.45) is 0 Å². The summed E-state index contributed by atoms with van der Waals surface area (Å²) in [5, 5.41) is 6.67. The Hall–Kier alpha value is -0.220. The van der Waals surface area contributed by atoms with Crippen LogP contribution in [0.25, 0.3) is 0 Å². The molecule has 0 aromatic carbocycles. The van der Waals surface area contributed by atoms with E-state index in [1.165, 1.54) is 50.7 Å². The van der Waals surface area contributed by atoms with Crippen LogP contribution in [0.4, 0.5) is 0 Å². The van der Waals surface area contributed by atoms with Gasteiger partial charge < -0.3 is 10.6 Å². The number of amides is 1. The van der Waals surface area contributed by atoms with Gasteiger partial charge in [0.2, 0.25) is 5.91 Å². The van der Waals surface area contributed by atoms with E-state index < -0.39 is 0 Å². The molecule has 3 nitrogen and oxygen atoms in total. The van der Waals surface area contributed by atoms with Crippen molar-refractivity contribution in [3.63, 3.8) is 0 Å². The van der Waals surface area contributed by atoms with Crippen LogP contribution in [0, 0.1) is 0 Å². The normalized spacial score (nSPS) is 27.2. The lowest BCUT2D eigenvalue weighted by Crippen LogP contribution is -2.43.